The Hall–Kier alpha value is -0.760. The Morgan fingerprint density at radius 2 is 2.18 bits per heavy atom. The van der Waals surface area contributed by atoms with Crippen LogP contribution in [0.2, 0.25) is 0 Å². The van der Waals surface area contributed by atoms with E-state index in [2.05, 4.69) is 41.6 Å². The number of rotatable bonds is 5. The summed E-state index contributed by atoms with van der Waals surface area (Å²) >= 11 is 3.67. The van der Waals surface area contributed by atoms with Crippen LogP contribution in [0.15, 0.2) is 23.2 Å². The molecule has 1 aliphatic carbocycles. The molecule has 0 radical (unpaired) electrons. The number of halogens is 1. The van der Waals surface area contributed by atoms with Crippen LogP contribution < -0.4 is 0 Å². The van der Waals surface area contributed by atoms with Gasteiger partial charge in [0, 0.05) is 10.0 Å². The molecule has 0 amide bonds. The van der Waals surface area contributed by atoms with Gasteiger partial charge >= 0.3 is 0 Å². The number of methoxy groups -OCH3 is 1. The van der Waals surface area contributed by atoms with Crippen LogP contribution in [-0.4, -0.2) is 7.11 Å². The Morgan fingerprint density at radius 1 is 1.47 bits per heavy atom. The first-order valence-electron chi connectivity index (χ1n) is 6.23. The second-order valence-electron chi connectivity index (χ2n) is 4.68. The van der Waals surface area contributed by atoms with E-state index < -0.39 is 0 Å². The molecule has 0 N–H and O–H groups in total. The lowest BCUT2D eigenvalue weighted by Gasteiger charge is -2.14. The maximum atomic E-state index is 5.28. The zero-order valence-electron chi connectivity index (χ0n) is 10.6. The monoisotopic (exact) mass is 294 g/mol. The maximum Gasteiger partial charge on any atom is 0.119 e. The molecule has 1 saturated carbocycles. The average Bonchev–Trinajstić information content (AvgIpc) is 3.14. The molecule has 2 heteroatoms. The second kappa shape index (κ2) is 5.26. The van der Waals surface area contributed by atoms with Gasteiger partial charge < -0.3 is 4.74 Å². The van der Waals surface area contributed by atoms with Gasteiger partial charge in [0.1, 0.15) is 5.76 Å². The molecule has 0 aliphatic heterocycles. The van der Waals surface area contributed by atoms with Crippen molar-refractivity contribution in [1.29, 1.82) is 0 Å². The highest BCUT2D eigenvalue weighted by atomic mass is 79.9. The summed E-state index contributed by atoms with van der Waals surface area (Å²) in [6.45, 7) is 6.18. The van der Waals surface area contributed by atoms with Gasteiger partial charge in [-0.3, -0.25) is 0 Å². The van der Waals surface area contributed by atoms with Crippen LogP contribution in [-0.2, 0) is 11.2 Å². The number of hydrogen-bond donors (Lipinski definition) is 0. The van der Waals surface area contributed by atoms with E-state index in [4.69, 9.17) is 4.74 Å². The van der Waals surface area contributed by atoms with Gasteiger partial charge in [0.15, 0.2) is 0 Å². The Bertz CT molecular complexity index is 433. The van der Waals surface area contributed by atoms with Gasteiger partial charge in [-0.1, -0.05) is 41.9 Å². The summed E-state index contributed by atoms with van der Waals surface area (Å²) in [5.74, 6) is 1.53. The van der Waals surface area contributed by atoms with Gasteiger partial charge in [-0.15, -0.1) is 0 Å². The molecule has 0 unspecified atom stereocenters. The molecule has 1 aromatic carbocycles. The lowest BCUT2D eigenvalue weighted by molar-refractivity contribution is 0.371. The van der Waals surface area contributed by atoms with E-state index in [1.165, 1.54) is 28.4 Å². The average molecular weight is 295 g/mol. The number of aryl methyl sites for hydroxylation is 1. The molecule has 1 fully saturated rings. The Balaban J connectivity index is 2.42. The highest BCUT2D eigenvalue weighted by Gasteiger charge is 2.26. The predicted octanol–water partition coefficient (Wildman–Crippen LogP) is 4.90. The van der Waals surface area contributed by atoms with Crippen molar-refractivity contribution in [3.8, 4) is 0 Å². The van der Waals surface area contributed by atoms with Gasteiger partial charge in [-0.2, -0.15) is 0 Å². The first-order chi connectivity index (χ1) is 8.17. The maximum absolute atomic E-state index is 5.28. The van der Waals surface area contributed by atoms with Crippen molar-refractivity contribution in [2.75, 3.05) is 7.11 Å². The lowest BCUT2D eigenvalue weighted by atomic mass is 9.97. The fourth-order valence-electron chi connectivity index (χ4n) is 2.19. The smallest absolute Gasteiger partial charge is 0.119 e. The molecule has 1 aliphatic rings. The highest BCUT2D eigenvalue weighted by molar-refractivity contribution is 9.10. The van der Waals surface area contributed by atoms with E-state index >= 15 is 0 Å². The first kappa shape index (κ1) is 12.7. The van der Waals surface area contributed by atoms with Crippen molar-refractivity contribution in [2.24, 2.45) is 0 Å². The number of hydrogen-bond acceptors (Lipinski definition) is 1. The summed E-state index contributed by atoms with van der Waals surface area (Å²) in [4.78, 5) is 0. The fraction of sp³-hybridized carbons (Fsp3) is 0.467. The molecular weight excluding hydrogens is 276 g/mol. The molecule has 92 valence electrons. The molecule has 0 bridgehead atoms. The fourth-order valence-corrected chi connectivity index (χ4v) is 2.86. The van der Waals surface area contributed by atoms with Gasteiger partial charge in [0.05, 0.1) is 7.11 Å². The zero-order chi connectivity index (χ0) is 12.4. The van der Waals surface area contributed by atoms with Crippen molar-refractivity contribution in [2.45, 2.75) is 38.5 Å². The number of benzene rings is 1. The van der Waals surface area contributed by atoms with E-state index in [0.29, 0.717) is 0 Å². The number of ether oxygens (including phenoxy) is 1. The highest BCUT2D eigenvalue weighted by Crippen LogP contribution is 2.44. The van der Waals surface area contributed by atoms with Gasteiger partial charge in [-0.25, -0.2) is 0 Å². The minimum absolute atomic E-state index is 0.761. The van der Waals surface area contributed by atoms with Crippen molar-refractivity contribution in [3.63, 3.8) is 0 Å². The molecule has 0 spiro atoms. The Morgan fingerprint density at radius 3 is 2.71 bits per heavy atom. The zero-order valence-corrected chi connectivity index (χ0v) is 12.1. The second-order valence-corrected chi connectivity index (χ2v) is 5.54. The van der Waals surface area contributed by atoms with Crippen molar-refractivity contribution >= 4 is 21.7 Å². The SMILES string of the molecule is C=C(OC)c1cc(Br)c(C2CC2)cc1CCC. The first-order valence-corrected chi connectivity index (χ1v) is 7.02. The van der Waals surface area contributed by atoms with Crippen LogP contribution in [0.25, 0.3) is 5.76 Å². The van der Waals surface area contributed by atoms with E-state index in [-0.39, 0.29) is 0 Å². The molecule has 1 nitrogen and oxygen atoms in total. The van der Waals surface area contributed by atoms with Crippen LogP contribution in [0.3, 0.4) is 0 Å². The minimum atomic E-state index is 0.761. The lowest BCUT2D eigenvalue weighted by Crippen LogP contribution is -1.97. The van der Waals surface area contributed by atoms with E-state index in [1.807, 2.05) is 0 Å². The van der Waals surface area contributed by atoms with Gasteiger partial charge in [0.2, 0.25) is 0 Å². The van der Waals surface area contributed by atoms with Crippen LogP contribution in [0, 0.1) is 0 Å². The third-order valence-electron chi connectivity index (χ3n) is 3.31. The summed E-state index contributed by atoms with van der Waals surface area (Å²) in [5.41, 5.74) is 3.97. The van der Waals surface area contributed by atoms with Crippen molar-refractivity contribution in [3.05, 3.63) is 39.9 Å². The normalized spacial score (nSPS) is 14.8. The predicted molar refractivity (Wildman–Crippen MR) is 76.2 cm³/mol. The quantitative estimate of drug-likeness (QED) is 0.702. The van der Waals surface area contributed by atoms with Crippen LogP contribution in [0.4, 0.5) is 0 Å². The summed E-state index contributed by atoms with van der Waals surface area (Å²) in [5, 5.41) is 0. The standard InChI is InChI=1S/C15H19BrO/c1-4-5-12-8-14(11-6-7-11)15(16)9-13(12)10(2)17-3/h8-9,11H,2,4-7H2,1,3H3. The molecule has 1 aromatic rings. The van der Waals surface area contributed by atoms with Crippen LogP contribution in [0.1, 0.15) is 48.8 Å². The third-order valence-corrected chi connectivity index (χ3v) is 3.99. The molecule has 2 rings (SSSR count). The van der Waals surface area contributed by atoms with Gasteiger partial charge in [-0.05, 0) is 42.4 Å². The summed E-state index contributed by atoms with van der Waals surface area (Å²) < 4.78 is 6.48. The van der Waals surface area contributed by atoms with E-state index in [0.717, 1.165) is 30.1 Å². The third kappa shape index (κ3) is 2.74. The summed E-state index contributed by atoms with van der Waals surface area (Å²) in [6, 6.07) is 4.51. The topological polar surface area (TPSA) is 9.23 Å². The molecule has 0 heterocycles. The summed E-state index contributed by atoms with van der Waals surface area (Å²) in [7, 11) is 1.68. The van der Waals surface area contributed by atoms with Crippen LogP contribution in [0.5, 0.6) is 0 Å². The summed E-state index contributed by atoms with van der Waals surface area (Å²) in [6.07, 6.45) is 4.89. The van der Waals surface area contributed by atoms with Crippen molar-refractivity contribution < 1.29 is 4.74 Å². The van der Waals surface area contributed by atoms with E-state index in [9.17, 15) is 0 Å². The van der Waals surface area contributed by atoms with Gasteiger partial charge in [0.25, 0.3) is 0 Å². The van der Waals surface area contributed by atoms with E-state index in [1.54, 1.807) is 7.11 Å². The Kier molecular flexibility index (Phi) is 3.93. The molecular formula is C15H19BrO. The largest absolute Gasteiger partial charge is 0.497 e. The van der Waals surface area contributed by atoms with Crippen molar-refractivity contribution in [1.82, 2.24) is 0 Å². The molecule has 0 aromatic heterocycles. The molecule has 17 heavy (non-hydrogen) atoms. The Labute approximate surface area is 112 Å². The van der Waals surface area contributed by atoms with Crippen LogP contribution >= 0.6 is 15.9 Å². The molecule has 0 atom stereocenters. The molecule has 0 saturated heterocycles. The minimum Gasteiger partial charge on any atom is -0.497 e.